The maximum atomic E-state index is 12.2. The fourth-order valence-electron chi connectivity index (χ4n) is 3.15. The smallest absolute Gasteiger partial charge is 0.293 e. The number of phenolic OH excluding ortho intramolecular Hbond substituents is 1. The number of nitrogens with one attached hydrogen (secondary N) is 1. The van der Waals surface area contributed by atoms with Crippen LogP contribution in [0.5, 0.6) is 5.75 Å². The van der Waals surface area contributed by atoms with Crippen LogP contribution >= 0.6 is 0 Å². The van der Waals surface area contributed by atoms with Crippen LogP contribution in [0, 0.1) is 0 Å². The Morgan fingerprint density at radius 3 is 2.59 bits per heavy atom. The lowest BCUT2D eigenvalue weighted by Gasteiger charge is -2.36. The zero-order valence-corrected chi connectivity index (χ0v) is 15.8. The van der Waals surface area contributed by atoms with Crippen molar-refractivity contribution in [1.82, 2.24) is 19.8 Å². The van der Waals surface area contributed by atoms with Gasteiger partial charge in [0.05, 0.1) is 0 Å². The van der Waals surface area contributed by atoms with E-state index in [9.17, 15) is 9.90 Å². The minimum atomic E-state index is -0.0673. The number of aromatic nitrogens is 2. The Balaban J connectivity index is 1.52. The number of aromatic hydroxyl groups is 1. The zero-order chi connectivity index (χ0) is 19.2. The topological polar surface area (TPSA) is 86.0 Å². The number of aryl methyl sites for hydroxylation is 1. The molecule has 1 aliphatic heterocycles. The molecule has 2 aromatic rings. The first kappa shape index (κ1) is 18.8. The van der Waals surface area contributed by atoms with Crippen LogP contribution in [0.15, 0.2) is 46.4 Å². The van der Waals surface area contributed by atoms with Gasteiger partial charge in [0.2, 0.25) is 0 Å². The zero-order valence-electron chi connectivity index (χ0n) is 15.8. The first-order valence-electron chi connectivity index (χ1n) is 9.08. The van der Waals surface area contributed by atoms with E-state index in [1.807, 2.05) is 17.0 Å². The fraction of sp³-hybridized carbons (Fsp3) is 0.421. The molecule has 1 aliphatic rings. The van der Waals surface area contributed by atoms with Gasteiger partial charge in [0, 0.05) is 59.2 Å². The summed E-state index contributed by atoms with van der Waals surface area (Å²) in [5.41, 5.74) is 1.09. The summed E-state index contributed by atoms with van der Waals surface area (Å²) in [5, 5.41) is 12.7. The lowest BCUT2D eigenvalue weighted by atomic mass is 10.1. The van der Waals surface area contributed by atoms with Crippen LogP contribution in [0.2, 0.25) is 0 Å². The second kappa shape index (κ2) is 8.57. The fourth-order valence-corrected chi connectivity index (χ4v) is 3.15. The van der Waals surface area contributed by atoms with Crippen LogP contribution in [0.25, 0.3) is 0 Å². The molecule has 1 fully saturated rings. The molecule has 0 aliphatic carbocycles. The molecule has 0 atom stereocenters. The van der Waals surface area contributed by atoms with Gasteiger partial charge in [-0.25, -0.2) is 4.98 Å². The van der Waals surface area contributed by atoms with Crippen LogP contribution in [0.4, 0.5) is 5.82 Å². The Labute approximate surface area is 158 Å². The van der Waals surface area contributed by atoms with Crippen molar-refractivity contribution >= 4 is 11.8 Å². The molecule has 2 heterocycles. The average molecular weight is 370 g/mol. The largest absolute Gasteiger partial charge is 0.508 e. The minimum Gasteiger partial charge on any atom is -0.508 e. The molecule has 0 bridgehead atoms. The van der Waals surface area contributed by atoms with E-state index in [4.69, 9.17) is 0 Å². The Morgan fingerprint density at radius 1 is 1.22 bits per heavy atom. The number of anilines is 1. The predicted molar refractivity (Wildman–Crippen MR) is 106 cm³/mol. The van der Waals surface area contributed by atoms with Crippen LogP contribution in [-0.2, 0) is 13.5 Å². The first-order valence-corrected chi connectivity index (χ1v) is 9.08. The molecule has 0 amide bonds. The highest BCUT2D eigenvalue weighted by molar-refractivity contribution is 5.80. The van der Waals surface area contributed by atoms with Crippen LogP contribution in [0.1, 0.15) is 5.56 Å². The summed E-state index contributed by atoms with van der Waals surface area (Å²) in [7, 11) is 3.52. The molecule has 1 saturated heterocycles. The van der Waals surface area contributed by atoms with Crippen molar-refractivity contribution < 1.29 is 5.11 Å². The highest BCUT2D eigenvalue weighted by Crippen LogP contribution is 2.10. The molecule has 2 N–H and O–H groups in total. The molecule has 1 aromatic heterocycles. The summed E-state index contributed by atoms with van der Waals surface area (Å²) in [4.78, 5) is 25.1. The molecule has 144 valence electrons. The summed E-state index contributed by atoms with van der Waals surface area (Å²) < 4.78 is 1.55. The monoisotopic (exact) mass is 370 g/mol. The normalized spacial score (nSPS) is 15.1. The van der Waals surface area contributed by atoms with Crippen molar-refractivity contribution in [2.45, 2.75) is 6.42 Å². The second-order valence-corrected chi connectivity index (χ2v) is 6.53. The van der Waals surface area contributed by atoms with Crippen molar-refractivity contribution in [3.8, 4) is 5.75 Å². The van der Waals surface area contributed by atoms with Gasteiger partial charge in [-0.15, -0.1) is 0 Å². The Morgan fingerprint density at radius 2 is 1.93 bits per heavy atom. The molecule has 0 saturated carbocycles. The Kier molecular flexibility index (Phi) is 5.95. The van der Waals surface area contributed by atoms with E-state index in [1.165, 1.54) is 0 Å². The van der Waals surface area contributed by atoms with Gasteiger partial charge in [0.1, 0.15) is 5.75 Å². The molecule has 0 unspecified atom stereocenters. The van der Waals surface area contributed by atoms with Crippen molar-refractivity contribution in [1.29, 1.82) is 0 Å². The number of aliphatic imine (C=N–C) groups is 1. The minimum absolute atomic E-state index is 0.0673. The highest BCUT2D eigenvalue weighted by atomic mass is 16.3. The van der Waals surface area contributed by atoms with Gasteiger partial charge in [-0.2, -0.15) is 0 Å². The predicted octanol–water partition coefficient (Wildman–Crippen LogP) is 0.426. The molecule has 0 radical (unpaired) electrons. The van der Waals surface area contributed by atoms with Crippen molar-refractivity contribution in [3.05, 3.63) is 52.6 Å². The number of guanidine groups is 1. The van der Waals surface area contributed by atoms with Crippen molar-refractivity contribution in [3.63, 3.8) is 0 Å². The highest BCUT2D eigenvalue weighted by Gasteiger charge is 2.22. The molecular weight excluding hydrogens is 344 g/mol. The van der Waals surface area contributed by atoms with Gasteiger partial charge in [-0.3, -0.25) is 9.79 Å². The number of benzene rings is 1. The van der Waals surface area contributed by atoms with Gasteiger partial charge >= 0.3 is 0 Å². The van der Waals surface area contributed by atoms with E-state index in [0.29, 0.717) is 5.82 Å². The molecule has 3 rings (SSSR count). The summed E-state index contributed by atoms with van der Waals surface area (Å²) in [6, 6.07) is 7.24. The van der Waals surface area contributed by atoms with Crippen LogP contribution in [-0.4, -0.2) is 65.3 Å². The van der Waals surface area contributed by atoms with Crippen molar-refractivity contribution in [2.75, 3.05) is 44.7 Å². The number of hydrogen-bond acceptors (Lipinski definition) is 5. The molecule has 8 nitrogen and oxygen atoms in total. The van der Waals surface area contributed by atoms with Crippen LogP contribution < -0.4 is 15.8 Å². The Bertz CT molecular complexity index is 838. The molecule has 1 aromatic carbocycles. The molecular formula is C19H26N6O2. The number of nitrogens with zero attached hydrogens (tertiary/aromatic N) is 5. The summed E-state index contributed by atoms with van der Waals surface area (Å²) >= 11 is 0. The van der Waals surface area contributed by atoms with E-state index in [0.717, 1.165) is 50.7 Å². The first-order chi connectivity index (χ1) is 13.1. The summed E-state index contributed by atoms with van der Waals surface area (Å²) in [6.07, 6.45) is 4.18. The maximum Gasteiger partial charge on any atom is 0.293 e. The third-order valence-corrected chi connectivity index (χ3v) is 4.72. The molecule has 27 heavy (non-hydrogen) atoms. The van der Waals surface area contributed by atoms with Gasteiger partial charge in [-0.1, -0.05) is 12.1 Å². The third-order valence-electron chi connectivity index (χ3n) is 4.72. The molecule has 8 heteroatoms. The van der Waals surface area contributed by atoms with E-state index in [-0.39, 0.29) is 11.3 Å². The molecule has 0 spiro atoms. The number of phenols is 1. The van der Waals surface area contributed by atoms with Gasteiger partial charge in [0.25, 0.3) is 5.56 Å². The summed E-state index contributed by atoms with van der Waals surface area (Å²) in [5.74, 6) is 1.65. The maximum absolute atomic E-state index is 12.2. The summed E-state index contributed by atoms with van der Waals surface area (Å²) in [6.45, 7) is 3.77. The second-order valence-electron chi connectivity index (χ2n) is 6.53. The lowest BCUT2D eigenvalue weighted by Crippen LogP contribution is -2.53. The lowest BCUT2D eigenvalue weighted by molar-refractivity contribution is 0.371. The van der Waals surface area contributed by atoms with E-state index < -0.39 is 0 Å². The van der Waals surface area contributed by atoms with E-state index in [1.54, 1.807) is 43.2 Å². The van der Waals surface area contributed by atoms with Crippen LogP contribution in [0.3, 0.4) is 0 Å². The quantitative estimate of drug-likeness (QED) is 0.600. The van der Waals surface area contributed by atoms with E-state index in [2.05, 4.69) is 20.2 Å². The average Bonchev–Trinajstić information content (AvgIpc) is 2.69. The SMILES string of the molecule is CN=C(NCCc1ccc(O)cc1)N1CCN(c2nccn(C)c2=O)CC1. The third kappa shape index (κ3) is 4.58. The standard InChI is InChI=1S/C19H26N6O2/c1-20-19(22-8-7-15-3-5-16(26)6-4-15)25-13-11-24(12-14-25)17-18(27)23(2)10-9-21-17/h3-6,9-10,26H,7-8,11-14H2,1-2H3,(H,20,22). The number of rotatable bonds is 4. The van der Waals surface area contributed by atoms with Gasteiger partial charge in [-0.05, 0) is 24.1 Å². The number of hydrogen-bond donors (Lipinski definition) is 2. The van der Waals surface area contributed by atoms with Gasteiger partial charge < -0.3 is 24.8 Å². The Hall–Kier alpha value is -3.03. The number of piperazine rings is 1. The van der Waals surface area contributed by atoms with E-state index >= 15 is 0 Å². The van der Waals surface area contributed by atoms with Crippen molar-refractivity contribution in [2.24, 2.45) is 12.0 Å². The van der Waals surface area contributed by atoms with Gasteiger partial charge in [0.15, 0.2) is 11.8 Å².